The van der Waals surface area contributed by atoms with E-state index in [0.29, 0.717) is 18.1 Å². The molecular weight excluding hydrogens is 402 g/mol. The number of anilines is 1. The SMILES string of the molecule is Cc1cc(C)n(-c2ccc(Cl)c(C(=O)Nc3ccc(OCCCN(C)C)cc3)n2)n1. The second-order valence-electron chi connectivity index (χ2n) is 7.32. The first-order valence-corrected chi connectivity index (χ1v) is 10.1. The van der Waals surface area contributed by atoms with Gasteiger partial charge in [0.15, 0.2) is 5.82 Å². The smallest absolute Gasteiger partial charge is 0.275 e. The number of carbonyl (C=O) groups is 1. The highest BCUT2D eigenvalue weighted by Gasteiger charge is 2.15. The monoisotopic (exact) mass is 427 g/mol. The Hall–Kier alpha value is -2.90. The van der Waals surface area contributed by atoms with E-state index in [1.165, 1.54) is 0 Å². The maximum absolute atomic E-state index is 12.7. The van der Waals surface area contributed by atoms with Gasteiger partial charge in [-0.25, -0.2) is 9.67 Å². The summed E-state index contributed by atoms with van der Waals surface area (Å²) in [6.45, 7) is 5.45. The van der Waals surface area contributed by atoms with Gasteiger partial charge in [0.05, 0.1) is 17.3 Å². The molecule has 0 spiro atoms. The summed E-state index contributed by atoms with van der Waals surface area (Å²) in [5.41, 5.74) is 2.58. The summed E-state index contributed by atoms with van der Waals surface area (Å²) in [6.07, 6.45) is 0.946. The van der Waals surface area contributed by atoms with Crippen LogP contribution < -0.4 is 10.1 Å². The van der Waals surface area contributed by atoms with Crippen LogP contribution in [0.25, 0.3) is 5.82 Å². The van der Waals surface area contributed by atoms with Crippen LogP contribution >= 0.6 is 11.6 Å². The van der Waals surface area contributed by atoms with E-state index in [0.717, 1.165) is 30.1 Å². The Labute approximate surface area is 181 Å². The topological polar surface area (TPSA) is 72.3 Å². The van der Waals surface area contributed by atoms with Gasteiger partial charge in [-0.2, -0.15) is 5.10 Å². The van der Waals surface area contributed by atoms with Crippen LogP contribution in [0, 0.1) is 13.8 Å². The van der Waals surface area contributed by atoms with E-state index in [4.69, 9.17) is 16.3 Å². The van der Waals surface area contributed by atoms with E-state index in [1.807, 2.05) is 46.1 Å². The van der Waals surface area contributed by atoms with E-state index < -0.39 is 0 Å². The van der Waals surface area contributed by atoms with Gasteiger partial charge in [-0.15, -0.1) is 0 Å². The highest BCUT2D eigenvalue weighted by Crippen LogP contribution is 2.21. The predicted molar refractivity (Wildman–Crippen MR) is 119 cm³/mol. The van der Waals surface area contributed by atoms with Crippen molar-refractivity contribution in [3.8, 4) is 11.6 Å². The molecule has 0 saturated carbocycles. The van der Waals surface area contributed by atoms with Gasteiger partial charge >= 0.3 is 0 Å². The molecule has 0 radical (unpaired) electrons. The lowest BCUT2D eigenvalue weighted by Crippen LogP contribution is -2.16. The maximum atomic E-state index is 12.7. The van der Waals surface area contributed by atoms with Gasteiger partial charge in [-0.05, 0) is 76.8 Å². The highest BCUT2D eigenvalue weighted by atomic mass is 35.5. The number of benzene rings is 1. The third kappa shape index (κ3) is 5.58. The Balaban J connectivity index is 1.67. The van der Waals surface area contributed by atoms with E-state index in [1.54, 1.807) is 28.9 Å². The summed E-state index contributed by atoms with van der Waals surface area (Å²) in [6, 6.07) is 12.6. The minimum atomic E-state index is -0.386. The summed E-state index contributed by atoms with van der Waals surface area (Å²) >= 11 is 6.23. The molecule has 30 heavy (non-hydrogen) atoms. The number of ether oxygens (including phenoxy) is 1. The van der Waals surface area contributed by atoms with Crippen molar-refractivity contribution < 1.29 is 9.53 Å². The molecule has 3 rings (SSSR count). The summed E-state index contributed by atoms with van der Waals surface area (Å²) in [5, 5.41) is 7.51. The summed E-state index contributed by atoms with van der Waals surface area (Å²) in [5.74, 6) is 0.911. The molecule has 2 aromatic heterocycles. The Morgan fingerprint density at radius 2 is 1.90 bits per heavy atom. The molecule has 1 aromatic carbocycles. The van der Waals surface area contributed by atoms with Crippen molar-refractivity contribution in [2.24, 2.45) is 0 Å². The number of nitrogens with zero attached hydrogens (tertiary/aromatic N) is 4. The van der Waals surface area contributed by atoms with Gasteiger partial charge in [0.25, 0.3) is 5.91 Å². The molecule has 1 amide bonds. The standard InChI is InChI=1S/C22H26ClN5O2/c1-15-14-16(2)28(26-15)20-11-10-19(23)21(25-20)22(29)24-17-6-8-18(9-7-17)30-13-5-12-27(3)4/h6-11,14H,5,12-13H2,1-4H3,(H,24,29). The van der Waals surface area contributed by atoms with Crippen LogP contribution in [0.2, 0.25) is 5.02 Å². The molecule has 0 aliphatic rings. The summed E-state index contributed by atoms with van der Waals surface area (Å²) in [4.78, 5) is 19.3. The zero-order valence-corrected chi connectivity index (χ0v) is 18.4. The van der Waals surface area contributed by atoms with Gasteiger partial charge in [0, 0.05) is 17.9 Å². The fraction of sp³-hybridized carbons (Fsp3) is 0.318. The van der Waals surface area contributed by atoms with Crippen LogP contribution in [0.4, 0.5) is 5.69 Å². The van der Waals surface area contributed by atoms with Crippen LogP contribution in [-0.4, -0.2) is 52.8 Å². The lowest BCUT2D eigenvalue weighted by Gasteiger charge is -2.11. The Morgan fingerprint density at radius 3 is 2.53 bits per heavy atom. The average molecular weight is 428 g/mol. The van der Waals surface area contributed by atoms with E-state index in [2.05, 4.69) is 20.3 Å². The van der Waals surface area contributed by atoms with Crippen molar-refractivity contribution in [1.29, 1.82) is 0 Å². The zero-order chi connectivity index (χ0) is 21.7. The Morgan fingerprint density at radius 1 is 1.17 bits per heavy atom. The molecule has 8 heteroatoms. The van der Waals surface area contributed by atoms with Gasteiger partial charge in [-0.1, -0.05) is 11.6 Å². The normalized spacial score (nSPS) is 11.0. The number of carbonyl (C=O) groups excluding carboxylic acids is 1. The van der Waals surface area contributed by atoms with Crippen molar-refractivity contribution in [3.05, 3.63) is 64.6 Å². The molecule has 0 bridgehead atoms. The van der Waals surface area contributed by atoms with Gasteiger partial charge in [0.1, 0.15) is 11.4 Å². The maximum Gasteiger partial charge on any atom is 0.275 e. The molecule has 0 unspecified atom stereocenters. The number of halogens is 1. The van der Waals surface area contributed by atoms with Crippen LogP contribution in [0.3, 0.4) is 0 Å². The average Bonchev–Trinajstić information content (AvgIpc) is 3.04. The molecular formula is C22H26ClN5O2. The number of hydrogen-bond acceptors (Lipinski definition) is 5. The van der Waals surface area contributed by atoms with Crippen LogP contribution in [-0.2, 0) is 0 Å². The zero-order valence-electron chi connectivity index (χ0n) is 17.6. The number of aromatic nitrogens is 3. The molecule has 7 nitrogen and oxygen atoms in total. The number of hydrogen-bond donors (Lipinski definition) is 1. The number of pyridine rings is 1. The van der Waals surface area contributed by atoms with E-state index >= 15 is 0 Å². The molecule has 0 saturated heterocycles. The molecule has 158 valence electrons. The van der Waals surface area contributed by atoms with E-state index in [9.17, 15) is 4.79 Å². The summed E-state index contributed by atoms with van der Waals surface area (Å²) in [7, 11) is 4.07. The third-order valence-corrected chi connectivity index (χ3v) is 4.71. The summed E-state index contributed by atoms with van der Waals surface area (Å²) < 4.78 is 7.40. The molecule has 3 aromatic rings. The van der Waals surface area contributed by atoms with Crippen molar-refractivity contribution in [1.82, 2.24) is 19.7 Å². The Kier molecular flexibility index (Phi) is 7.07. The molecule has 2 heterocycles. The second kappa shape index (κ2) is 9.73. The van der Waals surface area contributed by atoms with Crippen molar-refractivity contribution in [3.63, 3.8) is 0 Å². The Bertz CT molecular complexity index is 1010. The van der Waals surface area contributed by atoms with Crippen molar-refractivity contribution in [2.75, 3.05) is 32.6 Å². The first-order valence-electron chi connectivity index (χ1n) is 9.72. The van der Waals surface area contributed by atoms with Gasteiger partial charge in [0.2, 0.25) is 0 Å². The predicted octanol–water partition coefficient (Wildman–Crippen LogP) is 4.12. The van der Waals surface area contributed by atoms with Crippen molar-refractivity contribution >= 4 is 23.2 Å². The molecule has 1 N–H and O–H groups in total. The number of rotatable bonds is 8. The first kappa shape index (κ1) is 21.8. The van der Waals surface area contributed by atoms with Crippen LogP contribution in [0.1, 0.15) is 28.3 Å². The quantitative estimate of drug-likeness (QED) is 0.547. The minimum Gasteiger partial charge on any atom is -0.494 e. The van der Waals surface area contributed by atoms with Crippen LogP contribution in [0.15, 0.2) is 42.5 Å². The highest BCUT2D eigenvalue weighted by molar-refractivity contribution is 6.34. The molecule has 0 atom stereocenters. The fourth-order valence-electron chi connectivity index (χ4n) is 2.97. The van der Waals surface area contributed by atoms with Gasteiger partial charge < -0.3 is 15.0 Å². The first-order chi connectivity index (χ1) is 14.3. The van der Waals surface area contributed by atoms with Crippen molar-refractivity contribution in [2.45, 2.75) is 20.3 Å². The molecule has 0 aliphatic carbocycles. The lowest BCUT2D eigenvalue weighted by atomic mass is 10.2. The molecule has 0 aliphatic heterocycles. The lowest BCUT2D eigenvalue weighted by molar-refractivity contribution is 0.102. The molecule has 0 fully saturated rings. The number of aryl methyl sites for hydroxylation is 2. The number of nitrogens with one attached hydrogen (secondary N) is 1. The largest absolute Gasteiger partial charge is 0.494 e. The fourth-order valence-corrected chi connectivity index (χ4v) is 3.16. The second-order valence-corrected chi connectivity index (χ2v) is 7.73. The minimum absolute atomic E-state index is 0.144. The van der Waals surface area contributed by atoms with Gasteiger partial charge in [-0.3, -0.25) is 4.79 Å². The third-order valence-electron chi connectivity index (χ3n) is 4.40. The van der Waals surface area contributed by atoms with Crippen LogP contribution in [0.5, 0.6) is 5.75 Å². The van der Waals surface area contributed by atoms with E-state index in [-0.39, 0.29) is 16.6 Å². The number of amides is 1.